The quantitative estimate of drug-likeness (QED) is 0.772. The largest absolute Gasteiger partial charge is 0.515 e. The first-order valence-electron chi connectivity index (χ1n) is 6.47. The highest BCUT2D eigenvalue weighted by Gasteiger charge is 2.53. The fourth-order valence-electron chi connectivity index (χ4n) is 1.85. The molecular weight excluding hydrogens is 245 g/mol. The van der Waals surface area contributed by atoms with Crippen molar-refractivity contribution in [2.45, 2.75) is 65.6 Å². The number of hydrogen-bond donors (Lipinski definition) is 0. The Morgan fingerprint density at radius 2 is 1.61 bits per heavy atom. The minimum absolute atomic E-state index is 0.300. The zero-order valence-corrected chi connectivity index (χ0v) is 13.1. The van der Waals surface area contributed by atoms with Gasteiger partial charge in [0.1, 0.15) is 0 Å². The summed E-state index contributed by atoms with van der Waals surface area (Å²) < 4.78 is 12.1. The highest BCUT2D eigenvalue weighted by molar-refractivity contribution is 7.12. The highest BCUT2D eigenvalue weighted by Crippen LogP contribution is 2.37. The fourth-order valence-corrected chi connectivity index (χ4v) is 2.79. The molecule has 1 aliphatic heterocycles. The molecule has 0 radical (unpaired) electrons. The minimum Gasteiger partial charge on any atom is -0.398 e. The molecule has 1 saturated heterocycles. The van der Waals surface area contributed by atoms with Crippen molar-refractivity contribution in [2.75, 3.05) is 0 Å². The second-order valence-corrected chi connectivity index (χ2v) is 7.47. The second-order valence-electron chi connectivity index (χ2n) is 6.24. The number of thiazole rings is 1. The Balaban J connectivity index is 2.30. The number of aromatic nitrogens is 1. The SMILES string of the molecule is Cc1sc(C(C)C)nc1B1OC(C)(C)C(C)(C)O1. The summed E-state index contributed by atoms with van der Waals surface area (Å²) in [5, 5.41) is 1.15. The third-order valence-electron chi connectivity index (χ3n) is 3.82. The normalized spacial score (nSPS) is 21.9. The van der Waals surface area contributed by atoms with Crippen LogP contribution in [-0.2, 0) is 9.31 Å². The molecule has 0 atom stereocenters. The van der Waals surface area contributed by atoms with Gasteiger partial charge in [0.15, 0.2) is 0 Å². The smallest absolute Gasteiger partial charge is 0.398 e. The Morgan fingerprint density at radius 1 is 1.11 bits per heavy atom. The molecule has 0 aromatic carbocycles. The predicted octanol–water partition coefficient (Wildman–Crippen LogP) is 2.87. The molecule has 2 heterocycles. The van der Waals surface area contributed by atoms with Gasteiger partial charge in [-0.25, -0.2) is 4.98 Å². The van der Waals surface area contributed by atoms with Crippen LogP contribution in [0.4, 0.5) is 0 Å². The first-order chi connectivity index (χ1) is 8.14. The lowest BCUT2D eigenvalue weighted by atomic mass is 9.84. The van der Waals surface area contributed by atoms with Crippen LogP contribution in [0.1, 0.15) is 57.3 Å². The van der Waals surface area contributed by atoms with Gasteiger partial charge in [0.25, 0.3) is 0 Å². The van der Waals surface area contributed by atoms with Gasteiger partial charge >= 0.3 is 7.12 Å². The zero-order chi connectivity index (χ0) is 13.7. The summed E-state index contributed by atoms with van der Waals surface area (Å²) in [6.07, 6.45) is 0. The van der Waals surface area contributed by atoms with E-state index in [1.165, 1.54) is 4.88 Å². The van der Waals surface area contributed by atoms with Gasteiger partial charge in [-0.05, 0) is 34.6 Å². The zero-order valence-electron chi connectivity index (χ0n) is 12.3. The van der Waals surface area contributed by atoms with Crippen molar-refractivity contribution < 1.29 is 9.31 Å². The number of rotatable bonds is 2. The Labute approximate surface area is 114 Å². The summed E-state index contributed by atoms with van der Waals surface area (Å²) in [5.41, 5.74) is 0.347. The van der Waals surface area contributed by atoms with Crippen LogP contribution in [0.15, 0.2) is 0 Å². The summed E-state index contributed by atoms with van der Waals surface area (Å²) in [6.45, 7) is 14.7. The van der Waals surface area contributed by atoms with E-state index >= 15 is 0 Å². The molecule has 1 aromatic rings. The first-order valence-corrected chi connectivity index (χ1v) is 7.28. The molecule has 2 rings (SSSR count). The van der Waals surface area contributed by atoms with Crippen molar-refractivity contribution in [2.24, 2.45) is 0 Å². The van der Waals surface area contributed by atoms with E-state index in [2.05, 4.69) is 48.5 Å². The average molecular weight is 267 g/mol. The number of aryl methyl sites for hydroxylation is 1. The molecular formula is C13H22BNO2S. The molecule has 1 aliphatic rings. The second kappa shape index (κ2) is 4.32. The van der Waals surface area contributed by atoms with E-state index in [4.69, 9.17) is 14.3 Å². The topological polar surface area (TPSA) is 31.4 Å². The van der Waals surface area contributed by atoms with E-state index in [1.54, 1.807) is 11.3 Å². The molecule has 0 amide bonds. The van der Waals surface area contributed by atoms with Crippen molar-refractivity contribution >= 4 is 24.0 Å². The summed E-state index contributed by atoms with van der Waals surface area (Å²) in [6, 6.07) is 0. The molecule has 100 valence electrons. The maximum absolute atomic E-state index is 6.05. The van der Waals surface area contributed by atoms with E-state index in [0.717, 1.165) is 10.6 Å². The molecule has 0 spiro atoms. The monoisotopic (exact) mass is 267 g/mol. The van der Waals surface area contributed by atoms with E-state index in [0.29, 0.717) is 5.92 Å². The molecule has 5 heteroatoms. The Kier molecular flexibility index (Phi) is 3.37. The lowest BCUT2D eigenvalue weighted by Crippen LogP contribution is -2.41. The van der Waals surface area contributed by atoms with Gasteiger partial charge in [0.05, 0.1) is 21.8 Å². The number of nitrogens with zero attached hydrogens (tertiary/aromatic N) is 1. The van der Waals surface area contributed by atoms with Crippen LogP contribution in [-0.4, -0.2) is 23.3 Å². The molecule has 0 aliphatic carbocycles. The first kappa shape index (κ1) is 14.0. The van der Waals surface area contributed by atoms with Crippen molar-refractivity contribution in [3.63, 3.8) is 0 Å². The molecule has 1 aromatic heterocycles. The molecule has 0 bridgehead atoms. The van der Waals surface area contributed by atoms with Gasteiger partial charge in [-0.2, -0.15) is 0 Å². The molecule has 1 fully saturated rings. The molecule has 0 saturated carbocycles. The highest BCUT2D eigenvalue weighted by atomic mass is 32.1. The van der Waals surface area contributed by atoms with Crippen LogP contribution in [0.25, 0.3) is 0 Å². The van der Waals surface area contributed by atoms with Crippen molar-refractivity contribution in [3.8, 4) is 0 Å². The minimum atomic E-state index is -0.334. The summed E-state index contributed by atoms with van der Waals surface area (Å²) in [4.78, 5) is 5.88. The van der Waals surface area contributed by atoms with Gasteiger partial charge in [-0.3, -0.25) is 0 Å². The van der Waals surface area contributed by atoms with Crippen molar-refractivity contribution in [1.82, 2.24) is 4.98 Å². The van der Waals surface area contributed by atoms with E-state index in [1.807, 2.05) is 0 Å². The van der Waals surface area contributed by atoms with Gasteiger partial charge in [0, 0.05) is 10.8 Å². The van der Waals surface area contributed by atoms with Crippen LogP contribution < -0.4 is 5.59 Å². The van der Waals surface area contributed by atoms with E-state index in [-0.39, 0.29) is 18.3 Å². The molecule has 3 nitrogen and oxygen atoms in total. The summed E-state index contributed by atoms with van der Waals surface area (Å²) in [7, 11) is -0.334. The number of hydrogen-bond acceptors (Lipinski definition) is 4. The standard InChI is InChI=1S/C13H22BNO2S/c1-8(2)11-15-10(9(3)18-11)14-16-12(4,5)13(6,7)17-14/h8H,1-7H3. The maximum Gasteiger partial charge on any atom is 0.515 e. The Bertz CT molecular complexity index is 438. The van der Waals surface area contributed by atoms with Crippen molar-refractivity contribution in [3.05, 3.63) is 9.88 Å². The van der Waals surface area contributed by atoms with Crippen molar-refractivity contribution in [1.29, 1.82) is 0 Å². The van der Waals surface area contributed by atoms with Gasteiger partial charge in [0.2, 0.25) is 0 Å². The third-order valence-corrected chi connectivity index (χ3v) is 5.11. The maximum atomic E-state index is 6.05. The van der Waals surface area contributed by atoms with Crippen LogP contribution in [0, 0.1) is 6.92 Å². The molecule has 0 unspecified atom stereocenters. The Hall–Kier alpha value is -0.385. The summed E-state index contributed by atoms with van der Waals surface area (Å²) >= 11 is 1.74. The Morgan fingerprint density at radius 3 is 2.00 bits per heavy atom. The fraction of sp³-hybridized carbons (Fsp3) is 0.769. The van der Waals surface area contributed by atoms with Crippen LogP contribution in [0.5, 0.6) is 0 Å². The summed E-state index contributed by atoms with van der Waals surface area (Å²) in [5.74, 6) is 0.449. The average Bonchev–Trinajstić information content (AvgIpc) is 2.66. The van der Waals surface area contributed by atoms with Crippen LogP contribution in [0.2, 0.25) is 0 Å². The lowest BCUT2D eigenvalue weighted by molar-refractivity contribution is 0.00578. The van der Waals surface area contributed by atoms with Crippen LogP contribution >= 0.6 is 11.3 Å². The van der Waals surface area contributed by atoms with E-state index < -0.39 is 0 Å². The molecule has 18 heavy (non-hydrogen) atoms. The molecule has 0 N–H and O–H groups in total. The van der Waals surface area contributed by atoms with Crippen LogP contribution in [0.3, 0.4) is 0 Å². The van der Waals surface area contributed by atoms with Gasteiger partial charge in [-0.1, -0.05) is 13.8 Å². The van der Waals surface area contributed by atoms with Gasteiger partial charge < -0.3 is 9.31 Å². The predicted molar refractivity (Wildman–Crippen MR) is 76.7 cm³/mol. The van der Waals surface area contributed by atoms with Gasteiger partial charge in [-0.15, -0.1) is 11.3 Å². The third kappa shape index (κ3) is 2.24. The van der Waals surface area contributed by atoms with E-state index in [9.17, 15) is 0 Å². The lowest BCUT2D eigenvalue weighted by Gasteiger charge is -2.32.